The molecule has 1 saturated heterocycles. The molecule has 208 valence electrons. The van der Waals surface area contributed by atoms with E-state index in [4.69, 9.17) is 9.47 Å². The molecule has 0 unspecified atom stereocenters. The van der Waals surface area contributed by atoms with Crippen molar-refractivity contribution in [2.24, 2.45) is 0 Å². The number of halogens is 3. The lowest BCUT2D eigenvalue weighted by atomic mass is 10.00. The molecule has 0 saturated carbocycles. The van der Waals surface area contributed by atoms with Crippen molar-refractivity contribution >= 4 is 0 Å². The number of benzene rings is 3. The number of rotatable bonds is 6. The first-order valence-electron chi connectivity index (χ1n) is 13.1. The Morgan fingerprint density at radius 2 is 1.60 bits per heavy atom. The zero-order chi connectivity index (χ0) is 27.9. The number of ether oxygens (including phenoxy) is 2. The summed E-state index contributed by atoms with van der Waals surface area (Å²) in [6.45, 7) is 7.64. The third kappa shape index (κ3) is 5.14. The monoisotopic (exact) mass is 550 g/mol. The number of para-hydroxylation sites is 1. The van der Waals surface area contributed by atoms with Crippen LogP contribution in [0.25, 0.3) is 5.69 Å². The van der Waals surface area contributed by atoms with Crippen LogP contribution in [0.3, 0.4) is 0 Å². The van der Waals surface area contributed by atoms with Crippen LogP contribution in [0.4, 0.5) is 13.2 Å². The zero-order valence-electron chi connectivity index (χ0n) is 22.2. The van der Waals surface area contributed by atoms with Gasteiger partial charge in [0.15, 0.2) is 17.3 Å². The summed E-state index contributed by atoms with van der Waals surface area (Å²) in [7, 11) is 0. The maximum atomic E-state index is 13.7. The van der Waals surface area contributed by atoms with Gasteiger partial charge in [-0.25, -0.2) is 0 Å². The van der Waals surface area contributed by atoms with Gasteiger partial charge in [0.1, 0.15) is 0 Å². The van der Waals surface area contributed by atoms with Gasteiger partial charge in [-0.3, -0.25) is 9.80 Å². The third-order valence-corrected chi connectivity index (χ3v) is 7.53. The molecule has 11 heteroatoms. The summed E-state index contributed by atoms with van der Waals surface area (Å²) in [5.74, 6) is 1.99. The average Bonchev–Trinajstić information content (AvgIpc) is 3.59. The number of aryl methyl sites for hydroxylation is 2. The zero-order valence-corrected chi connectivity index (χ0v) is 22.2. The molecule has 6 rings (SSSR count). The molecular weight excluding hydrogens is 521 g/mol. The van der Waals surface area contributed by atoms with Crippen molar-refractivity contribution < 1.29 is 22.6 Å². The SMILES string of the molecule is Cc1cccc(C)c1-n1nnnc1[C@@H](c1cccc(C(F)(F)F)c1)N1CCN(Cc2ccc3c(c2)OCO3)CC1. The normalized spacial score (nSPS) is 16.8. The van der Waals surface area contributed by atoms with Crippen LogP contribution < -0.4 is 9.47 Å². The van der Waals surface area contributed by atoms with E-state index in [0.717, 1.165) is 59.6 Å². The number of piperazine rings is 1. The molecule has 0 spiro atoms. The van der Waals surface area contributed by atoms with Crippen LogP contribution in [0.15, 0.2) is 60.7 Å². The van der Waals surface area contributed by atoms with Crippen molar-refractivity contribution in [3.63, 3.8) is 0 Å². The van der Waals surface area contributed by atoms with E-state index in [1.54, 1.807) is 10.7 Å². The van der Waals surface area contributed by atoms with Gasteiger partial charge in [0, 0.05) is 32.7 Å². The Kier molecular flexibility index (Phi) is 6.93. The molecule has 0 aliphatic carbocycles. The Hall–Kier alpha value is -3.96. The Balaban J connectivity index is 1.31. The van der Waals surface area contributed by atoms with Crippen molar-refractivity contribution in [2.45, 2.75) is 32.6 Å². The molecule has 8 nitrogen and oxygen atoms in total. The van der Waals surface area contributed by atoms with Gasteiger partial charge in [-0.05, 0) is 70.8 Å². The predicted molar refractivity (Wildman–Crippen MR) is 141 cm³/mol. The van der Waals surface area contributed by atoms with Gasteiger partial charge in [0.05, 0.1) is 17.3 Å². The Morgan fingerprint density at radius 3 is 2.35 bits per heavy atom. The molecule has 4 aromatic rings. The molecule has 0 bridgehead atoms. The van der Waals surface area contributed by atoms with Crippen LogP contribution in [0.5, 0.6) is 11.5 Å². The van der Waals surface area contributed by atoms with Gasteiger partial charge >= 0.3 is 6.18 Å². The van der Waals surface area contributed by atoms with Gasteiger partial charge in [0.2, 0.25) is 6.79 Å². The molecule has 1 atom stereocenters. The van der Waals surface area contributed by atoms with Gasteiger partial charge in [-0.1, -0.05) is 36.4 Å². The number of hydrogen-bond donors (Lipinski definition) is 0. The summed E-state index contributed by atoms with van der Waals surface area (Å²) >= 11 is 0. The molecule has 2 aliphatic rings. The van der Waals surface area contributed by atoms with Gasteiger partial charge in [-0.2, -0.15) is 17.9 Å². The van der Waals surface area contributed by atoms with Crippen LogP contribution in [0.1, 0.15) is 39.7 Å². The largest absolute Gasteiger partial charge is 0.454 e. The summed E-state index contributed by atoms with van der Waals surface area (Å²) in [5, 5.41) is 12.6. The Bertz CT molecular complexity index is 1490. The molecule has 3 aromatic carbocycles. The second kappa shape index (κ2) is 10.5. The minimum Gasteiger partial charge on any atom is -0.454 e. The van der Waals surface area contributed by atoms with E-state index in [1.807, 2.05) is 50.2 Å². The smallest absolute Gasteiger partial charge is 0.416 e. The van der Waals surface area contributed by atoms with Crippen LogP contribution in [0.2, 0.25) is 0 Å². The maximum Gasteiger partial charge on any atom is 0.416 e. The van der Waals surface area contributed by atoms with Crippen molar-refractivity contribution in [1.82, 2.24) is 30.0 Å². The predicted octanol–water partition coefficient (Wildman–Crippen LogP) is 4.93. The molecule has 2 aliphatic heterocycles. The van der Waals surface area contributed by atoms with Gasteiger partial charge in [0.25, 0.3) is 0 Å². The summed E-state index contributed by atoms with van der Waals surface area (Å²) in [6, 6.07) is 16.8. The molecule has 40 heavy (non-hydrogen) atoms. The fourth-order valence-electron chi connectivity index (χ4n) is 5.55. The highest BCUT2D eigenvalue weighted by molar-refractivity contribution is 5.47. The highest BCUT2D eigenvalue weighted by atomic mass is 19.4. The molecule has 1 aromatic heterocycles. The van der Waals surface area contributed by atoms with Crippen molar-refractivity contribution in [2.75, 3.05) is 33.0 Å². The lowest BCUT2D eigenvalue weighted by Crippen LogP contribution is -2.48. The Labute approximate surface area is 229 Å². The van der Waals surface area contributed by atoms with E-state index in [9.17, 15) is 13.2 Å². The minimum atomic E-state index is -4.46. The van der Waals surface area contributed by atoms with E-state index < -0.39 is 17.8 Å². The first-order valence-corrected chi connectivity index (χ1v) is 13.1. The van der Waals surface area contributed by atoms with E-state index in [-0.39, 0.29) is 6.79 Å². The minimum absolute atomic E-state index is 0.232. The summed E-state index contributed by atoms with van der Waals surface area (Å²) in [4.78, 5) is 4.49. The van der Waals surface area contributed by atoms with Gasteiger partial charge in [-0.15, -0.1) is 5.10 Å². The number of alkyl halides is 3. The van der Waals surface area contributed by atoms with Crippen molar-refractivity contribution in [3.8, 4) is 17.2 Å². The standard InChI is InChI=1S/C29H29F3N6O2/c1-19-5-3-6-20(2)26(19)38-28(33-34-35-38)27(22-7-4-8-23(16-22)29(30,31)32)37-13-11-36(12-14-37)17-21-9-10-24-25(15-21)40-18-39-24/h3-10,15-16,27H,11-14,17-18H2,1-2H3/t27-/m1/s1. The summed E-state index contributed by atoms with van der Waals surface area (Å²) < 4.78 is 53.8. The first-order chi connectivity index (χ1) is 19.3. The van der Waals surface area contributed by atoms with Gasteiger partial charge < -0.3 is 9.47 Å². The first kappa shape index (κ1) is 26.3. The second-order valence-electron chi connectivity index (χ2n) is 10.2. The highest BCUT2D eigenvalue weighted by Crippen LogP contribution is 2.36. The molecule has 3 heterocycles. The Morgan fingerprint density at radius 1 is 0.875 bits per heavy atom. The van der Waals surface area contributed by atoms with Crippen LogP contribution in [0, 0.1) is 13.8 Å². The lowest BCUT2D eigenvalue weighted by Gasteiger charge is -2.39. The lowest BCUT2D eigenvalue weighted by molar-refractivity contribution is -0.137. The number of nitrogens with zero attached hydrogens (tertiary/aromatic N) is 6. The molecule has 1 fully saturated rings. The quantitative estimate of drug-likeness (QED) is 0.337. The van der Waals surface area contributed by atoms with E-state index in [2.05, 4.69) is 25.3 Å². The number of tetrazole rings is 1. The number of fused-ring (bicyclic) bond motifs is 1. The molecular formula is C29H29F3N6O2. The summed E-state index contributed by atoms with van der Waals surface area (Å²) in [5.41, 5.74) is 3.71. The van der Waals surface area contributed by atoms with Crippen LogP contribution in [-0.4, -0.2) is 63.0 Å². The molecule has 0 amide bonds. The fraction of sp³-hybridized carbons (Fsp3) is 0.345. The molecule has 0 radical (unpaired) electrons. The fourth-order valence-corrected chi connectivity index (χ4v) is 5.55. The average molecular weight is 551 g/mol. The maximum absolute atomic E-state index is 13.7. The topological polar surface area (TPSA) is 68.5 Å². The third-order valence-electron chi connectivity index (χ3n) is 7.53. The number of aromatic nitrogens is 4. The van der Waals surface area contributed by atoms with Crippen LogP contribution in [-0.2, 0) is 12.7 Å². The van der Waals surface area contributed by atoms with E-state index in [0.29, 0.717) is 24.5 Å². The van der Waals surface area contributed by atoms with Crippen LogP contribution >= 0.6 is 0 Å². The van der Waals surface area contributed by atoms with E-state index >= 15 is 0 Å². The van der Waals surface area contributed by atoms with Crippen molar-refractivity contribution in [1.29, 1.82) is 0 Å². The summed E-state index contributed by atoms with van der Waals surface area (Å²) in [6.07, 6.45) is -4.46. The number of hydrogen-bond acceptors (Lipinski definition) is 7. The molecule has 0 N–H and O–H groups in total. The van der Waals surface area contributed by atoms with Crippen molar-refractivity contribution in [3.05, 3.63) is 94.3 Å². The highest BCUT2D eigenvalue weighted by Gasteiger charge is 2.35. The second-order valence-corrected chi connectivity index (χ2v) is 10.2. The van der Waals surface area contributed by atoms with E-state index in [1.165, 1.54) is 12.1 Å².